The van der Waals surface area contributed by atoms with E-state index in [1.54, 1.807) is 18.2 Å². The van der Waals surface area contributed by atoms with E-state index in [1.165, 1.54) is 18.2 Å². The highest BCUT2D eigenvalue weighted by Gasteiger charge is 2.02. The Kier molecular flexibility index (Phi) is 6.49. The lowest BCUT2D eigenvalue weighted by molar-refractivity contribution is 0.315. The molecule has 0 spiro atoms. The van der Waals surface area contributed by atoms with E-state index in [0.717, 1.165) is 33.9 Å². The molecule has 0 aliphatic heterocycles. The van der Waals surface area contributed by atoms with E-state index in [0.29, 0.717) is 17.9 Å². The largest absolute Gasteiger partial charge is 0.494 e. The maximum absolute atomic E-state index is 14.2. The minimum absolute atomic E-state index is 0.250. The van der Waals surface area contributed by atoms with Crippen molar-refractivity contribution in [3.63, 3.8) is 0 Å². The Hall–Kier alpha value is -4.08. The first-order valence-corrected chi connectivity index (χ1v) is 10.4. The van der Waals surface area contributed by atoms with Crippen molar-refractivity contribution in [2.24, 2.45) is 0 Å². The van der Waals surface area contributed by atoms with Gasteiger partial charge in [0.1, 0.15) is 17.4 Å². The van der Waals surface area contributed by atoms with Gasteiger partial charge in [-0.3, -0.25) is 0 Å². The van der Waals surface area contributed by atoms with E-state index < -0.39 is 5.82 Å². The monoisotopic (exact) mass is 422 g/mol. The molecular weight excluding hydrogens is 402 g/mol. The molecule has 0 bridgehead atoms. The molecule has 0 amide bonds. The van der Waals surface area contributed by atoms with Crippen molar-refractivity contribution in [2.75, 3.05) is 6.61 Å². The van der Waals surface area contributed by atoms with Crippen LogP contribution in [-0.4, -0.2) is 6.61 Å². The third-order valence-electron chi connectivity index (χ3n) is 4.79. The zero-order valence-electron chi connectivity index (χ0n) is 17.6. The van der Waals surface area contributed by atoms with Crippen molar-refractivity contribution in [1.82, 2.24) is 0 Å². The van der Waals surface area contributed by atoms with Crippen LogP contribution < -0.4 is 4.74 Å². The molecule has 156 valence electrons. The van der Waals surface area contributed by atoms with Crippen molar-refractivity contribution in [3.8, 4) is 29.4 Å². The summed E-state index contributed by atoms with van der Waals surface area (Å²) in [6, 6.07) is 22.6. The number of halogens is 2. The lowest BCUT2D eigenvalue weighted by atomic mass is 10.1. The molecule has 3 heteroatoms. The third-order valence-corrected chi connectivity index (χ3v) is 4.79. The predicted octanol–water partition coefficient (Wildman–Crippen LogP) is 6.71. The SMILES string of the molecule is CCCOc1ccc(C#Cc2ccc(C#Cc3ccc4cc(F)ccc4c3)cc2)c(F)c1. The number of fused-ring (bicyclic) bond motifs is 1. The van der Waals surface area contributed by atoms with Crippen molar-refractivity contribution in [1.29, 1.82) is 0 Å². The molecule has 0 atom stereocenters. The van der Waals surface area contributed by atoms with E-state index in [4.69, 9.17) is 4.74 Å². The van der Waals surface area contributed by atoms with Gasteiger partial charge in [-0.05, 0) is 77.9 Å². The second kappa shape index (κ2) is 9.82. The highest BCUT2D eigenvalue weighted by atomic mass is 19.1. The van der Waals surface area contributed by atoms with E-state index in [2.05, 4.69) is 23.7 Å². The third kappa shape index (κ3) is 5.34. The molecule has 32 heavy (non-hydrogen) atoms. The predicted molar refractivity (Wildman–Crippen MR) is 124 cm³/mol. The van der Waals surface area contributed by atoms with Crippen LogP contribution in [0.4, 0.5) is 8.78 Å². The zero-order valence-corrected chi connectivity index (χ0v) is 17.6. The maximum atomic E-state index is 14.2. The normalized spacial score (nSPS) is 10.1. The van der Waals surface area contributed by atoms with E-state index >= 15 is 0 Å². The van der Waals surface area contributed by atoms with Gasteiger partial charge in [0, 0.05) is 22.8 Å². The first-order chi connectivity index (χ1) is 15.6. The molecule has 0 saturated heterocycles. The lowest BCUT2D eigenvalue weighted by Gasteiger charge is -2.04. The average Bonchev–Trinajstić information content (AvgIpc) is 2.81. The molecule has 0 aliphatic rings. The van der Waals surface area contributed by atoms with E-state index in [9.17, 15) is 8.78 Å². The Morgan fingerprint density at radius 2 is 1.28 bits per heavy atom. The fourth-order valence-electron chi connectivity index (χ4n) is 3.12. The summed E-state index contributed by atoms with van der Waals surface area (Å²) in [5.41, 5.74) is 2.80. The molecule has 4 aromatic rings. The van der Waals surface area contributed by atoms with E-state index in [1.807, 2.05) is 49.4 Å². The molecule has 0 N–H and O–H groups in total. The summed E-state index contributed by atoms with van der Waals surface area (Å²) in [7, 11) is 0. The second-order valence-corrected chi connectivity index (χ2v) is 7.27. The Morgan fingerprint density at radius 1 is 0.656 bits per heavy atom. The van der Waals surface area contributed by atoms with Crippen LogP contribution in [0.3, 0.4) is 0 Å². The molecule has 0 aliphatic carbocycles. The fourth-order valence-corrected chi connectivity index (χ4v) is 3.12. The standard InChI is InChI=1S/C29H20F2O/c1-2-17-32-28-16-14-24(29(31)20-28)11-9-22-5-3-21(4-6-22)7-8-23-10-12-26-19-27(30)15-13-25(26)18-23/h3-6,10,12-16,18-20H,2,17H2,1H3. The Morgan fingerprint density at radius 3 is 2.00 bits per heavy atom. The number of ether oxygens (including phenoxy) is 1. The molecule has 0 heterocycles. The minimum Gasteiger partial charge on any atom is -0.494 e. The van der Waals surface area contributed by atoms with Gasteiger partial charge in [0.15, 0.2) is 0 Å². The summed E-state index contributed by atoms with van der Waals surface area (Å²) < 4.78 is 32.9. The Labute approximate surface area is 186 Å². The molecule has 0 unspecified atom stereocenters. The molecule has 0 saturated carbocycles. The molecule has 1 nitrogen and oxygen atoms in total. The number of hydrogen-bond donors (Lipinski definition) is 0. The Bertz CT molecular complexity index is 1380. The summed E-state index contributed by atoms with van der Waals surface area (Å²) in [6.45, 7) is 2.56. The van der Waals surface area contributed by atoms with Gasteiger partial charge in [0.25, 0.3) is 0 Å². The lowest BCUT2D eigenvalue weighted by Crippen LogP contribution is -1.96. The van der Waals surface area contributed by atoms with E-state index in [-0.39, 0.29) is 5.82 Å². The minimum atomic E-state index is -0.397. The number of benzene rings is 4. The molecule has 0 fully saturated rings. The van der Waals surface area contributed by atoms with Crippen LogP contribution in [0.1, 0.15) is 35.6 Å². The molecule has 0 aromatic heterocycles. The smallest absolute Gasteiger partial charge is 0.142 e. The first-order valence-electron chi connectivity index (χ1n) is 10.4. The summed E-state index contributed by atoms with van der Waals surface area (Å²) in [4.78, 5) is 0. The van der Waals surface area contributed by atoms with Crippen LogP contribution in [0.15, 0.2) is 78.9 Å². The van der Waals surface area contributed by atoms with Crippen LogP contribution in [0, 0.1) is 35.3 Å². The fraction of sp³-hybridized carbons (Fsp3) is 0.103. The summed E-state index contributed by atoms with van der Waals surface area (Å²) in [5, 5.41) is 1.79. The maximum Gasteiger partial charge on any atom is 0.142 e. The van der Waals surface area contributed by atoms with Crippen molar-refractivity contribution in [3.05, 3.63) is 113 Å². The second-order valence-electron chi connectivity index (χ2n) is 7.27. The first kappa shape index (κ1) is 21.2. The van der Waals surface area contributed by atoms with Gasteiger partial charge in [0.2, 0.25) is 0 Å². The van der Waals surface area contributed by atoms with Crippen molar-refractivity contribution >= 4 is 10.8 Å². The topological polar surface area (TPSA) is 9.23 Å². The number of hydrogen-bond acceptors (Lipinski definition) is 1. The van der Waals surface area contributed by atoms with Crippen LogP contribution in [0.25, 0.3) is 10.8 Å². The van der Waals surface area contributed by atoms with Gasteiger partial charge in [0.05, 0.1) is 12.2 Å². The van der Waals surface area contributed by atoms with Crippen LogP contribution >= 0.6 is 0 Å². The molecule has 4 aromatic carbocycles. The van der Waals surface area contributed by atoms with Crippen LogP contribution in [-0.2, 0) is 0 Å². The molecule has 0 radical (unpaired) electrons. The van der Waals surface area contributed by atoms with Gasteiger partial charge in [-0.25, -0.2) is 8.78 Å². The van der Waals surface area contributed by atoms with Gasteiger partial charge < -0.3 is 4.74 Å². The highest BCUT2D eigenvalue weighted by molar-refractivity contribution is 5.84. The zero-order chi connectivity index (χ0) is 22.3. The van der Waals surface area contributed by atoms with Gasteiger partial charge in [-0.2, -0.15) is 0 Å². The van der Waals surface area contributed by atoms with Crippen molar-refractivity contribution < 1.29 is 13.5 Å². The van der Waals surface area contributed by atoms with Gasteiger partial charge in [-0.15, -0.1) is 0 Å². The summed E-state index contributed by atoms with van der Waals surface area (Å²) >= 11 is 0. The Balaban J connectivity index is 1.46. The summed E-state index contributed by atoms with van der Waals surface area (Å²) in [6.07, 6.45) is 0.868. The summed E-state index contributed by atoms with van der Waals surface area (Å²) in [5.74, 6) is 12.0. The molecule has 4 rings (SSSR count). The molecular formula is C29H20F2O. The quantitative estimate of drug-likeness (QED) is 0.334. The van der Waals surface area contributed by atoms with Crippen molar-refractivity contribution in [2.45, 2.75) is 13.3 Å². The van der Waals surface area contributed by atoms with Gasteiger partial charge >= 0.3 is 0 Å². The van der Waals surface area contributed by atoms with Crippen LogP contribution in [0.2, 0.25) is 0 Å². The van der Waals surface area contributed by atoms with Gasteiger partial charge in [-0.1, -0.05) is 42.7 Å². The highest BCUT2D eigenvalue weighted by Crippen LogP contribution is 2.18. The number of rotatable bonds is 3. The van der Waals surface area contributed by atoms with Crippen LogP contribution in [0.5, 0.6) is 5.75 Å². The average molecular weight is 422 g/mol.